The highest BCUT2D eigenvalue weighted by Gasteiger charge is 2.26. The molecule has 0 spiro atoms. The fourth-order valence-electron chi connectivity index (χ4n) is 3.57. The number of benzene rings is 2. The number of carbonyl (C=O) groups excluding carboxylic acids is 2. The van der Waals surface area contributed by atoms with E-state index < -0.39 is 0 Å². The van der Waals surface area contributed by atoms with Crippen LogP contribution in [0.3, 0.4) is 0 Å². The molecule has 1 fully saturated rings. The Labute approximate surface area is 177 Å². The summed E-state index contributed by atoms with van der Waals surface area (Å²) in [5, 5.41) is 3.56. The van der Waals surface area contributed by atoms with Gasteiger partial charge in [-0.2, -0.15) is 0 Å². The molecule has 2 aromatic rings. The number of carbonyl (C=O) groups is 2. The molecule has 6 heteroatoms. The average Bonchev–Trinajstić information content (AvgIpc) is 2.99. The normalized spacial score (nSPS) is 16.2. The smallest absolute Gasteiger partial charge is 0.253 e. The van der Waals surface area contributed by atoms with Gasteiger partial charge in [0.15, 0.2) is 0 Å². The second kappa shape index (κ2) is 9.90. The molecule has 0 aliphatic carbocycles. The van der Waals surface area contributed by atoms with Gasteiger partial charge in [-0.05, 0) is 55.7 Å². The van der Waals surface area contributed by atoms with E-state index in [0.29, 0.717) is 30.2 Å². The minimum absolute atomic E-state index is 0.0116. The Morgan fingerprint density at radius 2 is 1.83 bits per heavy atom. The number of hydrogen-bond acceptors (Lipinski definition) is 3. The molecule has 1 heterocycles. The quantitative estimate of drug-likeness (QED) is 0.803. The Balaban J connectivity index is 1.57. The van der Waals surface area contributed by atoms with Crippen LogP contribution in [0.4, 0.5) is 5.69 Å². The first-order chi connectivity index (χ1) is 14.0. The largest absolute Gasteiger partial charge is 0.337 e. The summed E-state index contributed by atoms with van der Waals surface area (Å²) in [4.78, 5) is 29.5. The number of hydrogen-bond donors (Lipinski definition) is 1. The standard InChI is InChI=1S/C23H28ClN3O2/c1-3-18-8-10-21(11-9-18)25-22(28)17(2)26-12-5-13-27(15-14-26)23(29)19-6-4-7-20(24)16-19/h4,6-11,16-17H,3,5,12-15H2,1-2H3,(H,25,28). The monoisotopic (exact) mass is 413 g/mol. The van der Waals surface area contributed by atoms with Crippen molar-refractivity contribution in [3.63, 3.8) is 0 Å². The van der Waals surface area contributed by atoms with Gasteiger partial charge in [0.2, 0.25) is 5.91 Å². The zero-order valence-corrected chi connectivity index (χ0v) is 17.8. The molecule has 0 aromatic heterocycles. The molecule has 1 unspecified atom stereocenters. The van der Waals surface area contributed by atoms with Gasteiger partial charge in [-0.1, -0.05) is 36.7 Å². The zero-order chi connectivity index (χ0) is 20.8. The molecule has 1 aliphatic rings. The van der Waals surface area contributed by atoms with E-state index in [1.807, 2.05) is 36.1 Å². The molecule has 29 heavy (non-hydrogen) atoms. The first kappa shape index (κ1) is 21.3. The van der Waals surface area contributed by atoms with Crippen LogP contribution in [0.1, 0.15) is 36.2 Å². The van der Waals surface area contributed by atoms with Crippen LogP contribution in [0, 0.1) is 0 Å². The lowest BCUT2D eigenvalue weighted by atomic mass is 10.1. The van der Waals surface area contributed by atoms with E-state index in [1.165, 1.54) is 5.56 Å². The lowest BCUT2D eigenvalue weighted by Crippen LogP contribution is -2.44. The number of aryl methyl sites for hydroxylation is 1. The van der Waals surface area contributed by atoms with Crippen LogP contribution in [-0.4, -0.2) is 53.8 Å². The molecule has 0 radical (unpaired) electrons. The van der Waals surface area contributed by atoms with E-state index in [4.69, 9.17) is 11.6 Å². The van der Waals surface area contributed by atoms with E-state index in [2.05, 4.69) is 17.1 Å². The average molecular weight is 414 g/mol. The van der Waals surface area contributed by atoms with Crippen molar-refractivity contribution >= 4 is 29.1 Å². The molecule has 0 bridgehead atoms. The van der Waals surface area contributed by atoms with Gasteiger partial charge in [0.25, 0.3) is 5.91 Å². The minimum atomic E-state index is -0.262. The lowest BCUT2D eigenvalue weighted by molar-refractivity contribution is -0.120. The van der Waals surface area contributed by atoms with Crippen LogP contribution in [0.2, 0.25) is 5.02 Å². The van der Waals surface area contributed by atoms with Gasteiger partial charge in [-0.3, -0.25) is 14.5 Å². The third kappa shape index (κ3) is 5.58. The minimum Gasteiger partial charge on any atom is -0.337 e. The maximum absolute atomic E-state index is 12.8. The third-order valence-electron chi connectivity index (χ3n) is 5.45. The number of nitrogens with one attached hydrogen (secondary N) is 1. The Kier molecular flexibility index (Phi) is 7.29. The fraction of sp³-hybridized carbons (Fsp3) is 0.391. The fourth-order valence-corrected chi connectivity index (χ4v) is 3.76. The van der Waals surface area contributed by atoms with E-state index in [9.17, 15) is 9.59 Å². The summed E-state index contributed by atoms with van der Waals surface area (Å²) in [6.07, 6.45) is 1.80. The van der Waals surface area contributed by atoms with Crippen molar-refractivity contribution in [3.05, 3.63) is 64.7 Å². The van der Waals surface area contributed by atoms with Crippen LogP contribution < -0.4 is 5.32 Å². The van der Waals surface area contributed by atoms with E-state index in [1.54, 1.807) is 24.3 Å². The Bertz CT molecular complexity index is 853. The summed E-state index contributed by atoms with van der Waals surface area (Å²) in [5.74, 6) is -0.0358. The van der Waals surface area contributed by atoms with Crippen LogP contribution in [0.5, 0.6) is 0 Å². The molecule has 1 N–H and O–H groups in total. The van der Waals surface area contributed by atoms with E-state index in [-0.39, 0.29) is 17.9 Å². The molecule has 1 saturated heterocycles. The summed E-state index contributed by atoms with van der Waals surface area (Å²) < 4.78 is 0. The molecular weight excluding hydrogens is 386 g/mol. The van der Waals surface area contributed by atoms with Crippen molar-refractivity contribution in [2.45, 2.75) is 32.7 Å². The highest BCUT2D eigenvalue weighted by Crippen LogP contribution is 2.16. The highest BCUT2D eigenvalue weighted by molar-refractivity contribution is 6.30. The van der Waals surface area contributed by atoms with Gasteiger partial charge in [-0.15, -0.1) is 0 Å². The van der Waals surface area contributed by atoms with E-state index in [0.717, 1.165) is 25.1 Å². The summed E-state index contributed by atoms with van der Waals surface area (Å²) in [6, 6.07) is 14.7. The molecule has 2 amide bonds. The van der Waals surface area contributed by atoms with Crippen molar-refractivity contribution < 1.29 is 9.59 Å². The molecule has 5 nitrogen and oxygen atoms in total. The summed E-state index contributed by atoms with van der Waals surface area (Å²) in [5.41, 5.74) is 2.66. The van der Waals surface area contributed by atoms with Crippen molar-refractivity contribution in [1.82, 2.24) is 9.80 Å². The summed E-state index contributed by atoms with van der Waals surface area (Å²) in [6.45, 7) is 6.74. The Morgan fingerprint density at radius 3 is 2.52 bits per heavy atom. The molecule has 1 atom stereocenters. The van der Waals surface area contributed by atoms with Gasteiger partial charge in [-0.25, -0.2) is 0 Å². The first-order valence-corrected chi connectivity index (χ1v) is 10.5. The van der Waals surface area contributed by atoms with Crippen molar-refractivity contribution in [2.75, 3.05) is 31.5 Å². The summed E-state index contributed by atoms with van der Waals surface area (Å²) >= 11 is 6.02. The topological polar surface area (TPSA) is 52.7 Å². The number of anilines is 1. The molecule has 1 aliphatic heterocycles. The maximum Gasteiger partial charge on any atom is 0.253 e. The predicted molar refractivity (Wildman–Crippen MR) is 117 cm³/mol. The molecule has 154 valence electrons. The second-order valence-corrected chi connectivity index (χ2v) is 7.84. The van der Waals surface area contributed by atoms with E-state index >= 15 is 0 Å². The Morgan fingerprint density at radius 1 is 1.07 bits per heavy atom. The van der Waals surface area contributed by atoms with Gasteiger partial charge in [0.1, 0.15) is 0 Å². The van der Waals surface area contributed by atoms with Crippen molar-refractivity contribution in [3.8, 4) is 0 Å². The van der Waals surface area contributed by atoms with Gasteiger partial charge >= 0.3 is 0 Å². The zero-order valence-electron chi connectivity index (χ0n) is 17.0. The van der Waals surface area contributed by atoms with Crippen LogP contribution >= 0.6 is 11.6 Å². The predicted octanol–water partition coefficient (Wildman–Crippen LogP) is 4.08. The number of rotatable bonds is 5. The lowest BCUT2D eigenvalue weighted by Gasteiger charge is -2.27. The maximum atomic E-state index is 12.8. The number of amides is 2. The SMILES string of the molecule is CCc1ccc(NC(=O)C(C)N2CCCN(C(=O)c3cccc(Cl)c3)CC2)cc1. The molecule has 2 aromatic carbocycles. The molecular formula is C23H28ClN3O2. The number of halogens is 1. The first-order valence-electron chi connectivity index (χ1n) is 10.2. The molecule has 0 saturated carbocycles. The van der Waals surface area contributed by atoms with Crippen molar-refractivity contribution in [1.29, 1.82) is 0 Å². The third-order valence-corrected chi connectivity index (χ3v) is 5.68. The highest BCUT2D eigenvalue weighted by atomic mass is 35.5. The van der Waals surface area contributed by atoms with Crippen LogP contribution in [-0.2, 0) is 11.2 Å². The van der Waals surface area contributed by atoms with Crippen LogP contribution in [0.15, 0.2) is 48.5 Å². The van der Waals surface area contributed by atoms with Gasteiger partial charge < -0.3 is 10.2 Å². The van der Waals surface area contributed by atoms with Crippen LogP contribution in [0.25, 0.3) is 0 Å². The number of nitrogens with zero attached hydrogens (tertiary/aromatic N) is 2. The van der Waals surface area contributed by atoms with Gasteiger partial charge in [0.05, 0.1) is 6.04 Å². The van der Waals surface area contributed by atoms with Crippen molar-refractivity contribution in [2.24, 2.45) is 0 Å². The second-order valence-electron chi connectivity index (χ2n) is 7.41. The molecule has 3 rings (SSSR count). The Hall–Kier alpha value is -2.37. The van der Waals surface area contributed by atoms with Gasteiger partial charge in [0, 0.05) is 42.5 Å². The summed E-state index contributed by atoms with van der Waals surface area (Å²) in [7, 11) is 0.